The zero-order chi connectivity index (χ0) is 13.9. The molecular weight excluding hydrogens is 295 g/mol. The quantitative estimate of drug-likeness (QED) is 0.670. The average molecular weight is 308 g/mol. The van der Waals surface area contributed by atoms with Gasteiger partial charge in [-0.3, -0.25) is 4.68 Å². The van der Waals surface area contributed by atoms with Crippen molar-refractivity contribution < 1.29 is 69.1 Å². The molecule has 0 aliphatic rings. The molecule has 0 aliphatic carbocycles. The van der Waals surface area contributed by atoms with Crippen molar-refractivity contribution in [1.82, 2.24) is 9.78 Å². The van der Waals surface area contributed by atoms with Crippen LogP contribution in [0.25, 0.3) is 0 Å². The van der Waals surface area contributed by atoms with Crippen molar-refractivity contribution in [1.29, 1.82) is 0 Å². The topological polar surface area (TPSA) is 27.1 Å². The second-order valence-corrected chi connectivity index (χ2v) is 4.23. The Bertz CT molecular complexity index is 560. The number of benzene rings is 1. The molecule has 2 aromatic rings. The van der Waals surface area contributed by atoms with Crippen LogP contribution < -0.4 is 61.6 Å². The Labute approximate surface area is 158 Å². The molecular formula is C12H13BF3KN2O. The van der Waals surface area contributed by atoms with Gasteiger partial charge in [-0.15, -0.1) is 0 Å². The van der Waals surface area contributed by atoms with Crippen LogP contribution in [-0.2, 0) is 13.5 Å². The van der Waals surface area contributed by atoms with E-state index in [0.29, 0.717) is 6.42 Å². The summed E-state index contributed by atoms with van der Waals surface area (Å²) in [6.07, 6.45) is 4.00. The summed E-state index contributed by atoms with van der Waals surface area (Å²) in [6, 6.07) is 5.27. The summed E-state index contributed by atoms with van der Waals surface area (Å²) < 4.78 is 45.2. The molecule has 1 aromatic carbocycles. The van der Waals surface area contributed by atoms with E-state index in [0.717, 1.165) is 11.6 Å². The average Bonchev–Trinajstić information content (AvgIpc) is 2.74. The molecule has 20 heavy (non-hydrogen) atoms. The molecule has 102 valence electrons. The normalized spacial score (nSPS) is 11.0. The number of aromatic nitrogens is 2. The summed E-state index contributed by atoms with van der Waals surface area (Å²) in [5.41, 5.74) is 0.242. The van der Waals surface area contributed by atoms with Crippen molar-refractivity contribution in [3.8, 4) is 5.75 Å². The largest absolute Gasteiger partial charge is 1.00 e. The Hall–Kier alpha value is -0.279. The van der Waals surface area contributed by atoms with Gasteiger partial charge in [0.1, 0.15) is 0 Å². The predicted molar refractivity (Wildman–Crippen MR) is 67.6 cm³/mol. The third-order valence-corrected chi connectivity index (χ3v) is 2.68. The minimum atomic E-state index is -5.05. The molecule has 1 aromatic heterocycles. The zero-order valence-electron chi connectivity index (χ0n) is 11.4. The molecule has 0 saturated carbocycles. The van der Waals surface area contributed by atoms with Crippen LogP contribution in [0, 0.1) is 0 Å². The molecule has 8 heteroatoms. The molecule has 0 aliphatic heterocycles. The molecule has 0 fully saturated rings. The molecule has 0 N–H and O–H groups in total. The number of nitrogens with zero attached hydrogens (tertiary/aromatic N) is 2. The summed E-state index contributed by atoms with van der Waals surface area (Å²) in [6.45, 7) is -4.86. The molecule has 0 radical (unpaired) electrons. The summed E-state index contributed by atoms with van der Waals surface area (Å²) in [5, 5.41) is 3.98. The third-order valence-electron chi connectivity index (χ3n) is 2.68. The zero-order valence-corrected chi connectivity index (χ0v) is 14.5. The van der Waals surface area contributed by atoms with E-state index in [4.69, 9.17) is 4.74 Å². The monoisotopic (exact) mass is 308 g/mol. The Kier molecular flexibility index (Phi) is 6.80. The SMILES string of the molecule is Cn1cc(CCOc2ccccc2[B-](F)(F)F)cn1.[K+]. The summed E-state index contributed by atoms with van der Waals surface area (Å²) in [7, 11) is 1.78. The summed E-state index contributed by atoms with van der Waals surface area (Å²) in [4.78, 5) is 0. The summed E-state index contributed by atoms with van der Waals surface area (Å²) in [5.74, 6) is -0.112. The predicted octanol–water partition coefficient (Wildman–Crippen LogP) is -0.900. The van der Waals surface area contributed by atoms with Crippen molar-refractivity contribution in [2.24, 2.45) is 7.05 Å². The van der Waals surface area contributed by atoms with Crippen LogP contribution in [0.4, 0.5) is 12.9 Å². The second-order valence-electron chi connectivity index (χ2n) is 4.23. The molecule has 0 spiro atoms. The van der Waals surface area contributed by atoms with E-state index in [2.05, 4.69) is 5.10 Å². The van der Waals surface area contributed by atoms with E-state index in [9.17, 15) is 12.9 Å². The first-order valence-corrected chi connectivity index (χ1v) is 5.86. The van der Waals surface area contributed by atoms with Crippen molar-refractivity contribution in [3.63, 3.8) is 0 Å². The van der Waals surface area contributed by atoms with Crippen molar-refractivity contribution in [3.05, 3.63) is 42.2 Å². The molecule has 0 atom stereocenters. The van der Waals surface area contributed by atoms with E-state index in [1.807, 2.05) is 6.20 Å². The minimum absolute atomic E-state index is 0. The van der Waals surface area contributed by atoms with Crippen molar-refractivity contribution >= 4 is 12.4 Å². The number of ether oxygens (including phenoxy) is 1. The van der Waals surface area contributed by atoms with E-state index >= 15 is 0 Å². The minimum Gasteiger partial charge on any atom is -0.496 e. The van der Waals surface area contributed by atoms with Gasteiger partial charge in [-0.2, -0.15) is 5.10 Å². The van der Waals surface area contributed by atoms with Gasteiger partial charge in [0.2, 0.25) is 0 Å². The fourth-order valence-electron chi connectivity index (χ4n) is 1.76. The van der Waals surface area contributed by atoms with Gasteiger partial charge in [0, 0.05) is 19.7 Å². The number of rotatable bonds is 5. The van der Waals surface area contributed by atoms with Gasteiger partial charge in [-0.05, 0) is 11.6 Å². The van der Waals surface area contributed by atoms with Gasteiger partial charge >= 0.3 is 58.4 Å². The van der Waals surface area contributed by atoms with Crippen molar-refractivity contribution in [2.45, 2.75) is 6.42 Å². The van der Waals surface area contributed by atoms with Crippen LogP contribution in [0.5, 0.6) is 5.75 Å². The first-order valence-electron chi connectivity index (χ1n) is 5.86. The van der Waals surface area contributed by atoms with E-state index < -0.39 is 12.4 Å². The molecule has 0 saturated heterocycles. The smallest absolute Gasteiger partial charge is 0.496 e. The standard InChI is InChI=1S/C12H13BF3N2O.K/c1-18-9-10(8-17-18)6-7-19-12-5-3-2-4-11(12)13(14,15)16;/h2-5,8-9H,6-7H2,1H3;/q-1;+1. The second kappa shape index (κ2) is 7.65. The van der Waals surface area contributed by atoms with Crippen LogP contribution in [0.15, 0.2) is 36.7 Å². The molecule has 3 nitrogen and oxygen atoms in total. The third kappa shape index (κ3) is 4.92. The summed E-state index contributed by atoms with van der Waals surface area (Å²) >= 11 is 0. The van der Waals surface area contributed by atoms with E-state index in [1.165, 1.54) is 18.2 Å². The number of hydrogen-bond acceptors (Lipinski definition) is 2. The fraction of sp³-hybridized carbons (Fsp3) is 0.250. The van der Waals surface area contributed by atoms with Gasteiger partial charge in [-0.25, -0.2) is 0 Å². The number of aryl methyl sites for hydroxylation is 1. The van der Waals surface area contributed by atoms with Gasteiger partial charge in [-0.1, -0.05) is 23.7 Å². The molecule has 1 heterocycles. The van der Waals surface area contributed by atoms with Crippen LogP contribution in [0.2, 0.25) is 0 Å². The van der Waals surface area contributed by atoms with Crippen LogP contribution >= 0.6 is 0 Å². The van der Waals surface area contributed by atoms with Crippen molar-refractivity contribution in [2.75, 3.05) is 6.61 Å². The maximum Gasteiger partial charge on any atom is 1.00 e. The first-order chi connectivity index (χ1) is 8.97. The van der Waals surface area contributed by atoms with Crippen LogP contribution in [0.1, 0.15) is 5.56 Å². The Morgan fingerprint density at radius 1 is 1.25 bits per heavy atom. The number of halogens is 3. The van der Waals surface area contributed by atoms with Gasteiger partial charge < -0.3 is 17.7 Å². The van der Waals surface area contributed by atoms with Gasteiger partial charge in [0.15, 0.2) is 0 Å². The first kappa shape index (κ1) is 17.8. The Balaban J connectivity index is 0.00000200. The van der Waals surface area contributed by atoms with Gasteiger partial charge in [0.05, 0.1) is 18.6 Å². The molecule has 0 bridgehead atoms. The maximum absolute atomic E-state index is 12.8. The van der Waals surface area contributed by atoms with Crippen LogP contribution in [-0.4, -0.2) is 23.4 Å². The molecule has 0 unspecified atom stereocenters. The van der Waals surface area contributed by atoms with Gasteiger partial charge in [0.25, 0.3) is 0 Å². The molecule has 2 rings (SSSR count). The van der Waals surface area contributed by atoms with E-state index in [-0.39, 0.29) is 63.7 Å². The molecule has 0 amide bonds. The van der Waals surface area contributed by atoms with E-state index in [1.54, 1.807) is 17.9 Å². The number of para-hydroxylation sites is 1. The fourth-order valence-corrected chi connectivity index (χ4v) is 1.76. The van der Waals surface area contributed by atoms with Crippen LogP contribution in [0.3, 0.4) is 0 Å². The Morgan fingerprint density at radius 2 is 1.95 bits per heavy atom. The maximum atomic E-state index is 12.8. The Morgan fingerprint density at radius 3 is 2.55 bits per heavy atom. The number of hydrogen-bond donors (Lipinski definition) is 0.